The lowest BCUT2D eigenvalue weighted by atomic mass is 10.1. The first-order chi connectivity index (χ1) is 24.2. The van der Waals surface area contributed by atoms with E-state index in [1.165, 1.54) is 7.05 Å². The van der Waals surface area contributed by atoms with Crippen LogP contribution in [0.25, 0.3) is 21.8 Å². The molecule has 0 amide bonds. The van der Waals surface area contributed by atoms with Crippen molar-refractivity contribution in [3.63, 3.8) is 0 Å². The number of aromatic nitrogens is 2. The Bertz CT molecular complexity index is 2380. The lowest BCUT2D eigenvalue weighted by Crippen LogP contribution is -2.24. The number of hydrogen-bond acceptors (Lipinski definition) is 9. The predicted octanol–water partition coefficient (Wildman–Crippen LogP) is 7.58. The quantitative estimate of drug-likeness (QED) is 0.0680. The molecule has 1 fully saturated rings. The Balaban J connectivity index is 1.03. The third-order valence-electron chi connectivity index (χ3n) is 8.63. The smallest absolute Gasteiger partial charge is 0.134 e. The molecule has 2 atom stereocenters. The van der Waals surface area contributed by atoms with Gasteiger partial charge in [0.15, 0.2) is 0 Å². The van der Waals surface area contributed by atoms with Gasteiger partial charge in [0.1, 0.15) is 32.2 Å². The molecule has 1 aliphatic rings. The molecule has 2 unspecified atom stereocenters. The van der Waals surface area contributed by atoms with Gasteiger partial charge in [-0.3, -0.25) is 4.98 Å². The van der Waals surface area contributed by atoms with Gasteiger partial charge in [0.2, 0.25) is 0 Å². The largest absolute Gasteiger partial charge is 0.487 e. The third kappa shape index (κ3) is 7.71. The molecule has 1 aliphatic carbocycles. The lowest BCUT2D eigenvalue weighted by molar-refractivity contribution is 0.302. The first-order valence-corrected chi connectivity index (χ1v) is 19.4. The van der Waals surface area contributed by atoms with Gasteiger partial charge in [-0.2, -0.15) is 0 Å². The number of ether oxygens (including phenoxy) is 1. The van der Waals surface area contributed by atoms with Crippen molar-refractivity contribution in [2.45, 2.75) is 35.8 Å². The summed E-state index contributed by atoms with van der Waals surface area (Å²) in [5.74, 6) is 1.20. The Morgan fingerprint density at radius 3 is 2.28 bits per heavy atom. The van der Waals surface area contributed by atoms with E-state index in [2.05, 4.69) is 25.1 Å². The molecule has 7 rings (SSSR count). The summed E-state index contributed by atoms with van der Waals surface area (Å²) >= 11 is 0. The highest BCUT2D eigenvalue weighted by atomic mass is 32.2. The maximum Gasteiger partial charge on any atom is 0.134 e. The van der Waals surface area contributed by atoms with Gasteiger partial charge in [-0.25, -0.2) is 32.4 Å². The maximum atomic E-state index is 12.9. The topological polar surface area (TPSA) is 165 Å². The summed E-state index contributed by atoms with van der Waals surface area (Å²) < 4.78 is 53.1. The van der Waals surface area contributed by atoms with Crippen LogP contribution in [0.2, 0.25) is 0 Å². The normalized spacial score (nSPS) is 15.3. The lowest BCUT2D eigenvalue weighted by Gasteiger charge is -2.14. The highest BCUT2D eigenvalue weighted by Crippen LogP contribution is 2.31. The van der Waals surface area contributed by atoms with Gasteiger partial charge < -0.3 is 15.4 Å². The number of nitrogens with zero attached hydrogens (tertiary/aromatic N) is 2. The number of anilines is 3. The first-order valence-electron chi connectivity index (χ1n) is 16.3. The monoisotopic (exact) mass is 706 g/mol. The maximum absolute atomic E-state index is 12.9. The molecule has 0 spiro atoms. The summed E-state index contributed by atoms with van der Waals surface area (Å²) in [5, 5.41) is 8.84. The van der Waals surface area contributed by atoms with Crippen molar-refractivity contribution in [3.05, 3.63) is 121 Å². The molecule has 256 valence electrons. The fourth-order valence-electron chi connectivity index (χ4n) is 5.58. The van der Waals surface area contributed by atoms with Crippen LogP contribution in [-0.4, -0.2) is 32.0 Å². The zero-order valence-corrected chi connectivity index (χ0v) is 29.1. The number of hydrogen-bond donors (Lipinski definition) is 6. The van der Waals surface area contributed by atoms with Crippen molar-refractivity contribution < 1.29 is 13.2 Å². The predicted molar refractivity (Wildman–Crippen MR) is 199 cm³/mol. The van der Waals surface area contributed by atoms with Gasteiger partial charge in [-0.1, -0.05) is 30.3 Å². The van der Waals surface area contributed by atoms with Crippen molar-refractivity contribution in [2.75, 3.05) is 24.2 Å². The Hall–Kier alpha value is -5.08. The van der Waals surface area contributed by atoms with Crippen molar-refractivity contribution in [1.82, 2.24) is 19.4 Å². The number of para-hydroxylation sites is 1. The van der Waals surface area contributed by atoms with E-state index < -0.39 is 19.8 Å². The van der Waals surface area contributed by atoms with Crippen LogP contribution in [0.15, 0.2) is 119 Å². The van der Waals surface area contributed by atoms with E-state index in [0.29, 0.717) is 34.5 Å². The van der Waals surface area contributed by atoms with Gasteiger partial charge in [0.05, 0.1) is 26.5 Å². The van der Waals surface area contributed by atoms with E-state index in [1.54, 1.807) is 30.5 Å². The molecular formula is C37H38N8O3S2. The molecule has 4 aromatic carbocycles. The molecule has 11 nitrogen and oxygen atoms in total. The van der Waals surface area contributed by atoms with Crippen LogP contribution in [0, 0.1) is 15.5 Å². The van der Waals surface area contributed by atoms with Crippen LogP contribution < -0.4 is 24.8 Å². The van der Waals surface area contributed by atoms with Gasteiger partial charge in [-0.15, -0.1) is 0 Å². The molecule has 0 radical (unpaired) electrons. The van der Waals surface area contributed by atoms with E-state index in [0.717, 1.165) is 63.0 Å². The second-order valence-electron chi connectivity index (χ2n) is 12.3. The molecule has 50 heavy (non-hydrogen) atoms. The fourth-order valence-corrected chi connectivity index (χ4v) is 7.49. The van der Waals surface area contributed by atoms with Gasteiger partial charge in [0, 0.05) is 53.2 Å². The van der Waals surface area contributed by atoms with Crippen molar-refractivity contribution in [2.24, 2.45) is 5.92 Å². The first kappa shape index (κ1) is 33.4. The Morgan fingerprint density at radius 1 is 0.800 bits per heavy atom. The van der Waals surface area contributed by atoms with Crippen LogP contribution in [0.4, 0.5) is 17.1 Å². The fraction of sp³-hybridized carbons (Fsp3) is 0.189. The molecule has 13 heteroatoms. The molecule has 0 aliphatic heterocycles. The second-order valence-corrected chi connectivity index (χ2v) is 16.1. The summed E-state index contributed by atoms with van der Waals surface area (Å²) in [6, 6.07) is 31.9. The summed E-state index contributed by atoms with van der Waals surface area (Å²) in [7, 11) is -4.51. The molecular weight excluding hydrogens is 669 g/mol. The molecule has 6 aromatic rings. The minimum atomic E-state index is -3.04. The van der Waals surface area contributed by atoms with Gasteiger partial charge in [-0.05, 0) is 98.1 Å². The van der Waals surface area contributed by atoms with Crippen molar-refractivity contribution in [1.29, 1.82) is 9.56 Å². The van der Waals surface area contributed by atoms with Crippen LogP contribution in [-0.2, 0) is 33.0 Å². The van der Waals surface area contributed by atoms with E-state index >= 15 is 0 Å². The van der Waals surface area contributed by atoms with E-state index in [1.807, 2.05) is 78.9 Å². The average Bonchev–Trinajstić information content (AvgIpc) is 3.97. The SMILES string of the molecule is CNS(=N)(=O)c1ccc(CNc2ccnc3cc(OCc4cc(Nc5ccc(S(=N)(=O)NCC6CC6)cc5)c5ccccc5n4)ccc23)cc1. The Kier molecular flexibility index (Phi) is 9.38. The number of nitrogens with one attached hydrogen (secondary N) is 6. The summed E-state index contributed by atoms with van der Waals surface area (Å²) in [6.07, 6.45) is 4.02. The van der Waals surface area contributed by atoms with E-state index in [9.17, 15) is 8.42 Å². The minimum Gasteiger partial charge on any atom is -0.487 e. The summed E-state index contributed by atoms with van der Waals surface area (Å²) in [6.45, 7) is 1.40. The van der Waals surface area contributed by atoms with E-state index in [-0.39, 0.29) is 6.61 Å². The number of benzene rings is 4. The molecule has 2 aromatic heterocycles. The van der Waals surface area contributed by atoms with E-state index in [4.69, 9.17) is 19.3 Å². The van der Waals surface area contributed by atoms with Crippen LogP contribution in [0.1, 0.15) is 24.1 Å². The van der Waals surface area contributed by atoms with Crippen LogP contribution >= 0.6 is 0 Å². The Morgan fingerprint density at radius 2 is 1.52 bits per heavy atom. The number of pyridine rings is 2. The standard InChI is InChI=1S/C37H38N8O3S2/c1-40-49(38,46)30-13-8-25(9-14-30)22-42-34-18-19-41-36-21-29(12-17-33(34)36)48-24-28-20-37(32-4-2-3-5-35(32)45-28)44-27-10-15-31(16-11-27)50(39,47)43-23-26-6-7-26/h2-5,8-21,26H,6-7,22-24H2,1H3,(H,41,42)(H,44,45)(H2,38,40,46)(H2,39,43,47). The summed E-state index contributed by atoms with van der Waals surface area (Å²) in [5.41, 5.74) is 5.93. The zero-order chi connectivity index (χ0) is 34.7. The third-order valence-corrected chi connectivity index (χ3v) is 11.7. The summed E-state index contributed by atoms with van der Waals surface area (Å²) in [4.78, 5) is 10.3. The number of fused-ring (bicyclic) bond motifs is 2. The Labute approximate surface area is 292 Å². The van der Waals surface area contributed by atoms with Gasteiger partial charge in [0.25, 0.3) is 0 Å². The second kappa shape index (κ2) is 14.0. The van der Waals surface area contributed by atoms with Crippen LogP contribution in [0.5, 0.6) is 5.75 Å². The average molecular weight is 707 g/mol. The van der Waals surface area contributed by atoms with Crippen molar-refractivity contribution in [3.8, 4) is 5.75 Å². The highest BCUT2D eigenvalue weighted by Gasteiger charge is 2.23. The molecule has 1 saturated carbocycles. The zero-order valence-electron chi connectivity index (χ0n) is 27.4. The molecule has 0 bridgehead atoms. The number of rotatable bonds is 14. The highest BCUT2D eigenvalue weighted by molar-refractivity contribution is 7.90. The minimum absolute atomic E-state index is 0.240. The van der Waals surface area contributed by atoms with Gasteiger partial charge >= 0.3 is 0 Å². The van der Waals surface area contributed by atoms with Crippen LogP contribution in [0.3, 0.4) is 0 Å². The molecule has 6 N–H and O–H groups in total. The molecule has 0 saturated heterocycles. The van der Waals surface area contributed by atoms with Crippen molar-refractivity contribution >= 4 is 58.7 Å². The molecule has 2 heterocycles.